The van der Waals surface area contributed by atoms with E-state index >= 15 is 0 Å². The van der Waals surface area contributed by atoms with Crippen molar-refractivity contribution in [1.82, 2.24) is 4.90 Å². The third-order valence-corrected chi connectivity index (χ3v) is 14.5. The summed E-state index contributed by atoms with van der Waals surface area (Å²) in [7, 11) is 4.64. The number of cyclic esters (lactones) is 1. The number of fused-ring (bicyclic) bond motifs is 5. The zero-order chi connectivity index (χ0) is 46.9. The molecule has 1 saturated carbocycles. The number of allylic oxidation sites excluding steroid dienone is 6. The summed E-state index contributed by atoms with van der Waals surface area (Å²) in [6.07, 6.45) is 11.9. The van der Waals surface area contributed by atoms with Gasteiger partial charge in [-0.3, -0.25) is 19.2 Å². The molecule has 5 aliphatic rings. The van der Waals surface area contributed by atoms with Gasteiger partial charge in [0, 0.05) is 52.6 Å². The number of carbonyl (C=O) groups excluding carboxylic acids is 5. The lowest BCUT2D eigenvalue weighted by Gasteiger charge is -2.42. The summed E-state index contributed by atoms with van der Waals surface area (Å²) in [6, 6.07) is -1.12. The fraction of sp³-hybridized carbons (Fsp3) is 0.740. The van der Waals surface area contributed by atoms with E-state index in [1.807, 2.05) is 58.1 Å². The second kappa shape index (κ2) is 23.4. The molecule has 4 aliphatic heterocycles. The number of esters is 1. The molecule has 4 heterocycles. The van der Waals surface area contributed by atoms with E-state index in [9.17, 15) is 34.2 Å². The molecular weight excluding hydrogens is 823 g/mol. The van der Waals surface area contributed by atoms with Crippen molar-refractivity contribution in [3.8, 4) is 0 Å². The minimum absolute atomic E-state index is 0.0103. The van der Waals surface area contributed by atoms with Gasteiger partial charge in [-0.25, -0.2) is 4.79 Å². The van der Waals surface area contributed by atoms with Gasteiger partial charge in [-0.15, -0.1) is 0 Å². The molecule has 0 aromatic rings. The summed E-state index contributed by atoms with van der Waals surface area (Å²) in [5, 5.41) is 22.4. The van der Waals surface area contributed by atoms with Crippen LogP contribution in [0.25, 0.3) is 0 Å². The Morgan fingerprint density at radius 2 is 1.62 bits per heavy atom. The number of amides is 1. The van der Waals surface area contributed by atoms with Gasteiger partial charge in [-0.05, 0) is 107 Å². The molecule has 0 aromatic carbocycles. The third kappa shape index (κ3) is 12.5. The molecule has 0 spiro atoms. The van der Waals surface area contributed by atoms with Crippen LogP contribution in [-0.2, 0) is 52.4 Å². The molecule has 0 radical (unpaired) electrons. The Balaban J connectivity index is 1.47. The summed E-state index contributed by atoms with van der Waals surface area (Å²) in [5.41, 5.74) is 1.57. The first kappa shape index (κ1) is 51.6. The summed E-state index contributed by atoms with van der Waals surface area (Å²) in [6.45, 7) is 11.2. The maximum absolute atomic E-state index is 14.4. The highest BCUT2D eigenvalue weighted by Gasteiger charge is 2.53. The Labute approximate surface area is 380 Å². The molecule has 5 rings (SSSR count). The van der Waals surface area contributed by atoms with Gasteiger partial charge < -0.3 is 43.5 Å². The molecule has 1 amide bonds. The first-order valence-electron chi connectivity index (χ1n) is 23.6. The first-order chi connectivity index (χ1) is 30.4. The number of nitrogens with zero attached hydrogens (tertiary/aromatic N) is 1. The maximum Gasteiger partial charge on any atom is 0.329 e. The lowest BCUT2D eigenvalue weighted by molar-refractivity contribution is -0.265. The second-order valence-corrected chi connectivity index (χ2v) is 19.3. The Bertz CT molecular complexity index is 1770. The normalized spacial score (nSPS) is 41.3. The van der Waals surface area contributed by atoms with Crippen molar-refractivity contribution in [2.24, 2.45) is 29.6 Å². The number of hydrogen-bond donors (Lipinski definition) is 2. The number of piperidine rings is 1. The van der Waals surface area contributed by atoms with E-state index in [-0.39, 0.29) is 54.8 Å². The van der Waals surface area contributed by atoms with Crippen molar-refractivity contribution >= 4 is 29.2 Å². The van der Waals surface area contributed by atoms with Gasteiger partial charge in [-0.1, -0.05) is 64.2 Å². The first-order valence-corrected chi connectivity index (χ1v) is 23.6. The van der Waals surface area contributed by atoms with Crippen molar-refractivity contribution < 1.29 is 62.6 Å². The predicted octanol–water partition coefficient (Wildman–Crippen LogP) is 5.95. The number of hydrogen-bond acceptors (Lipinski definition) is 13. The Hall–Kier alpha value is -3.37. The molecule has 2 N–H and O–H groups in total. The number of ketones is 3. The van der Waals surface area contributed by atoms with Gasteiger partial charge in [0.05, 0.1) is 24.4 Å². The van der Waals surface area contributed by atoms with Crippen LogP contribution in [0.15, 0.2) is 47.6 Å². The molecule has 9 unspecified atom stereocenters. The Morgan fingerprint density at radius 3 is 2.33 bits per heavy atom. The monoisotopic (exact) mass is 898 g/mol. The standard InChI is InChI=1S/C50H75NO13/c1-29-15-11-10-12-16-30(2)40(59-7)27-36-20-18-34(6)50(58,64-36)47(55)48(56)51-22-14-13-17-37(51)49(57)63-41(32(4)25-35-19-21-38(52)42(26-35)60-8)28-39(53)31(3)24-33(5)45-46(61-9)44(54)43(23-29)62-45/h10-12,15-16,24,29,31-32,34-38,40-43,45-46,52,58H,13-14,17-23,25-28H2,1-9H3/b12-10+,15-11+,30-16+,33-24+/t29-,31?,32?,34?,35?,36+,37?,38-,40+,41+,42?,43?,45-,46?,50?/m1/s1. The maximum atomic E-state index is 14.4. The van der Waals surface area contributed by atoms with E-state index < -0.39 is 84.1 Å². The van der Waals surface area contributed by atoms with E-state index in [0.29, 0.717) is 63.4 Å². The molecule has 64 heavy (non-hydrogen) atoms. The number of aliphatic hydroxyl groups excluding tert-OH is 1. The van der Waals surface area contributed by atoms with Crippen molar-refractivity contribution in [1.29, 1.82) is 0 Å². The van der Waals surface area contributed by atoms with Gasteiger partial charge in [0.15, 0.2) is 5.78 Å². The second-order valence-electron chi connectivity index (χ2n) is 19.3. The molecule has 4 fully saturated rings. The van der Waals surface area contributed by atoms with Crippen LogP contribution in [-0.4, -0.2) is 133 Å². The van der Waals surface area contributed by atoms with Crippen LogP contribution >= 0.6 is 0 Å². The van der Waals surface area contributed by atoms with Crippen LogP contribution in [0.1, 0.15) is 119 Å². The predicted molar refractivity (Wildman–Crippen MR) is 239 cm³/mol. The molecule has 14 nitrogen and oxygen atoms in total. The van der Waals surface area contributed by atoms with Gasteiger partial charge in [0.1, 0.15) is 36.2 Å². The van der Waals surface area contributed by atoms with E-state index in [1.165, 1.54) is 12.0 Å². The molecular formula is C50H75NO13. The summed E-state index contributed by atoms with van der Waals surface area (Å²) in [4.78, 5) is 71.7. The quantitative estimate of drug-likeness (QED) is 0.181. The van der Waals surface area contributed by atoms with Crippen LogP contribution in [0, 0.1) is 29.6 Å². The average molecular weight is 898 g/mol. The summed E-state index contributed by atoms with van der Waals surface area (Å²) >= 11 is 0. The SMILES string of the molecule is COC1CC(CC(C)[C@@H]2CC(=O)C(C)/C=C(\C)[C@H]3OC(C[C@H](C)/C=C/C=C/C=C(\C)[C@@H](OC)C[C@@H]4CCC(C)C(O)(O4)C(=O)C(=O)N4CCCCC4C(=O)O2)C(=O)C3OC)CC[C@H]1O. The molecule has 15 atom stereocenters. The van der Waals surface area contributed by atoms with E-state index in [0.717, 1.165) is 12.0 Å². The summed E-state index contributed by atoms with van der Waals surface area (Å²) in [5.74, 6) is -7.13. The van der Waals surface area contributed by atoms with E-state index in [4.69, 9.17) is 28.4 Å². The van der Waals surface area contributed by atoms with Gasteiger partial charge in [0.2, 0.25) is 5.79 Å². The van der Waals surface area contributed by atoms with Gasteiger partial charge in [-0.2, -0.15) is 0 Å². The highest BCUT2D eigenvalue weighted by Crippen LogP contribution is 2.38. The van der Waals surface area contributed by atoms with Crippen molar-refractivity contribution in [3.05, 3.63) is 47.6 Å². The molecule has 0 aromatic heterocycles. The molecule has 4 bridgehead atoms. The number of methoxy groups -OCH3 is 3. The lowest BCUT2D eigenvalue weighted by atomic mass is 9.78. The minimum atomic E-state index is -2.41. The van der Waals surface area contributed by atoms with E-state index in [1.54, 1.807) is 34.1 Å². The number of ether oxygens (including phenoxy) is 6. The van der Waals surface area contributed by atoms with Crippen LogP contribution in [0.3, 0.4) is 0 Å². The average Bonchev–Trinajstić information content (AvgIpc) is 3.59. The van der Waals surface area contributed by atoms with Crippen molar-refractivity contribution in [2.45, 2.75) is 179 Å². The van der Waals surface area contributed by atoms with Gasteiger partial charge >= 0.3 is 5.97 Å². The molecule has 14 heteroatoms. The molecule has 3 saturated heterocycles. The molecule has 358 valence electrons. The van der Waals surface area contributed by atoms with Crippen LogP contribution < -0.4 is 0 Å². The fourth-order valence-electron chi connectivity index (χ4n) is 10.3. The number of aliphatic hydroxyl groups is 2. The number of carbonyl (C=O) groups is 5. The largest absolute Gasteiger partial charge is 0.460 e. The smallest absolute Gasteiger partial charge is 0.329 e. The topological polar surface area (TPSA) is 184 Å². The Morgan fingerprint density at radius 1 is 0.875 bits per heavy atom. The number of rotatable bonds is 6. The van der Waals surface area contributed by atoms with Crippen molar-refractivity contribution in [2.75, 3.05) is 27.9 Å². The summed E-state index contributed by atoms with van der Waals surface area (Å²) < 4.78 is 35.9. The zero-order valence-electron chi connectivity index (χ0n) is 39.6. The Kier molecular flexibility index (Phi) is 18.9. The van der Waals surface area contributed by atoms with Gasteiger partial charge in [0.25, 0.3) is 11.7 Å². The highest BCUT2D eigenvalue weighted by atomic mass is 16.6. The third-order valence-electron chi connectivity index (χ3n) is 14.5. The highest BCUT2D eigenvalue weighted by molar-refractivity contribution is 6.39. The van der Waals surface area contributed by atoms with Crippen LogP contribution in [0.4, 0.5) is 0 Å². The van der Waals surface area contributed by atoms with E-state index in [2.05, 4.69) is 0 Å². The zero-order valence-corrected chi connectivity index (χ0v) is 39.6. The van der Waals surface area contributed by atoms with Crippen molar-refractivity contribution in [3.63, 3.8) is 0 Å². The fourth-order valence-corrected chi connectivity index (χ4v) is 10.3. The molecule has 1 aliphatic carbocycles. The van der Waals surface area contributed by atoms with Crippen LogP contribution in [0.5, 0.6) is 0 Å². The number of Topliss-reactive ketones (excluding diaryl/α,β-unsaturated/α-hetero) is 3. The minimum Gasteiger partial charge on any atom is -0.460 e. The van der Waals surface area contributed by atoms with Crippen LogP contribution in [0.2, 0.25) is 0 Å². The lowest BCUT2D eigenvalue weighted by Crippen LogP contribution is -2.61.